The van der Waals surface area contributed by atoms with Gasteiger partial charge in [0.15, 0.2) is 0 Å². The minimum absolute atomic E-state index is 0.710. The molecule has 0 amide bonds. The molecule has 1 heterocycles. The Hall–Kier alpha value is -1.42. The highest BCUT2D eigenvalue weighted by Gasteiger charge is 2.16. The minimum atomic E-state index is 0.710. The standard InChI is InChI=1S/C16H17BrN2O/c1-11-7-8-15(13(17)9-11)20-16-12-5-3-2-4-6-14(12)18-10-19-16/h7-10H,2-6H2,1H3. The molecule has 0 unspecified atom stereocenters. The van der Waals surface area contributed by atoms with Crippen LogP contribution in [0.25, 0.3) is 0 Å². The van der Waals surface area contributed by atoms with Gasteiger partial charge in [-0.25, -0.2) is 9.97 Å². The van der Waals surface area contributed by atoms with Gasteiger partial charge in [-0.1, -0.05) is 12.5 Å². The molecule has 0 bridgehead atoms. The molecule has 0 aliphatic heterocycles. The largest absolute Gasteiger partial charge is 0.437 e. The molecule has 1 aromatic carbocycles. The highest BCUT2D eigenvalue weighted by Crippen LogP contribution is 2.33. The summed E-state index contributed by atoms with van der Waals surface area (Å²) in [6, 6.07) is 6.07. The second-order valence-corrected chi connectivity index (χ2v) is 6.06. The maximum absolute atomic E-state index is 6.02. The van der Waals surface area contributed by atoms with E-state index in [2.05, 4.69) is 38.9 Å². The van der Waals surface area contributed by atoms with Crippen molar-refractivity contribution in [3.05, 3.63) is 45.8 Å². The summed E-state index contributed by atoms with van der Waals surface area (Å²) < 4.78 is 6.98. The molecular formula is C16H17BrN2O. The maximum Gasteiger partial charge on any atom is 0.225 e. The van der Waals surface area contributed by atoms with E-state index in [0.717, 1.165) is 28.8 Å². The molecule has 0 spiro atoms. The number of ether oxygens (including phenoxy) is 1. The molecule has 3 rings (SSSR count). The van der Waals surface area contributed by atoms with Gasteiger partial charge in [0.1, 0.15) is 12.1 Å². The molecule has 3 nitrogen and oxygen atoms in total. The Labute approximate surface area is 127 Å². The summed E-state index contributed by atoms with van der Waals surface area (Å²) in [6.45, 7) is 2.06. The van der Waals surface area contributed by atoms with E-state index >= 15 is 0 Å². The Morgan fingerprint density at radius 2 is 1.95 bits per heavy atom. The summed E-state index contributed by atoms with van der Waals surface area (Å²) >= 11 is 3.55. The molecule has 104 valence electrons. The van der Waals surface area contributed by atoms with E-state index < -0.39 is 0 Å². The number of hydrogen-bond acceptors (Lipinski definition) is 3. The van der Waals surface area contributed by atoms with E-state index in [0.29, 0.717) is 5.88 Å². The summed E-state index contributed by atoms with van der Waals surface area (Å²) in [5.74, 6) is 1.52. The van der Waals surface area contributed by atoms with Gasteiger partial charge in [0.05, 0.1) is 10.2 Å². The third-order valence-corrected chi connectivity index (χ3v) is 4.25. The van der Waals surface area contributed by atoms with Crippen molar-refractivity contribution in [2.24, 2.45) is 0 Å². The van der Waals surface area contributed by atoms with Crippen LogP contribution < -0.4 is 4.74 Å². The van der Waals surface area contributed by atoms with Crippen molar-refractivity contribution in [3.63, 3.8) is 0 Å². The molecule has 0 atom stereocenters. The van der Waals surface area contributed by atoms with Crippen molar-refractivity contribution in [1.82, 2.24) is 9.97 Å². The third-order valence-electron chi connectivity index (χ3n) is 3.63. The van der Waals surface area contributed by atoms with Crippen LogP contribution in [0, 0.1) is 6.92 Å². The first-order valence-electron chi connectivity index (χ1n) is 7.01. The Bertz CT molecular complexity index is 628. The van der Waals surface area contributed by atoms with Gasteiger partial charge in [-0.15, -0.1) is 0 Å². The molecule has 1 aliphatic carbocycles. The highest BCUT2D eigenvalue weighted by atomic mass is 79.9. The summed E-state index contributed by atoms with van der Waals surface area (Å²) in [5.41, 5.74) is 3.53. The average Bonchev–Trinajstić information content (AvgIpc) is 2.68. The SMILES string of the molecule is Cc1ccc(Oc2ncnc3c2CCCCC3)c(Br)c1. The van der Waals surface area contributed by atoms with E-state index in [9.17, 15) is 0 Å². The summed E-state index contributed by atoms with van der Waals surface area (Å²) in [5, 5.41) is 0. The van der Waals surface area contributed by atoms with Crippen LogP contribution in [-0.2, 0) is 12.8 Å². The topological polar surface area (TPSA) is 35.0 Å². The van der Waals surface area contributed by atoms with Crippen LogP contribution in [0.5, 0.6) is 11.6 Å². The first-order valence-corrected chi connectivity index (χ1v) is 7.80. The Kier molecular flexibility index (Phi) is 4.01. The van der Waals surface area contributed by atoms with Gasteiger partial charge in [0.2, 0.25) is 5.88 Å². The molecule has 1 aromatic heterocycles. The number of aromatic nitrogens is 2. The smallest absolute Gasteiger partial charge is 0.225 e. The van der Waals surface area contributed by atoms with Crippen LogP contribution in [0.2, 0.25) is 0 Å². The lowest BCUT2D eigenvalue weighted by Crippen LogP contribution is -2.01. The van der Waals surface area contributed by atoms with E-state index in [1.165, 1.54) is 30.4 Å². The molecule has 0 fully saturated rings. The van der Waals surface area contributed by atoms with Gasteiger partial charge in [-0.2, -0.15) is 0 Å². The summed E-state index contributed by atoms with van der Waals surface area (Å²) in [4.78, 5) is 8.75. The number of halogens is 1. The minimum Gasteiger partial charge on any atom is -0.437 e. The van der Waals surface area contributed by atoms with Crippen LogP contribution in [0.3, 0.4) is 0 Å². The fourth-order valence-corrected chi connectivity index (χ4v) is 3.12. The van der Waals surface area contributed by atoms with Gasteiger partial charge >= 0.3 is 0 Å². The average molecular weight is 333 g/mol. The van der Waals surface area contributed by atoms with Crippen LogP contribution in [0.4, 0.5) is 0 Å². The second-order valence-electron chi connectivity index (χ2n) is 5.20. The molecule has 0 saturated carbocycles. The molecule has 1 aliphatic rings. The monoisotopic (exact) mass is 332 g/mol. The van der Waals surface area contributed by atoms with Gasteiger partial charge in [0, 0.05) is 5.56 Å². The zero-order valence-corrected chi connectivity index (χ0v) is 13.1. The number of fused-ring (bicyclic) bond motifs is 1. The molecule has 0 saturated heterocycles. The molecule has 0 radical (unpaired) electrons. The Morgan fingerprint density at radius 3 is 2.80 bits per heavy atom. The van der Waals surface area contributed by atoms with Crippen molar-refractivity contribution in [2.45, 2.75) is 39.0 Å². The van der Waals surface area contributed by atoms with Gasteiger partial charge in [-0.3, -0.25) is 0 Å². The molecular weight excluding hydrogens is 316 g/mol. The van der Waals surface area contributed by atoms with E-state index in [1.54, 1.807) is 6.33 Å². The lowest BCUT2D eigenvalue weighted by atomic mass is 10.1. The van der Waals surface area contributed by atoms with Crippen molar-refractivity contribution in [3.8, 4) is 11.6 Å². The second kappa shape index (κ2) is 5.92. The van der Waals surface area contributed by atoms with E-state index in [4.69, 9.17) is 4.74 Å². The normalized spacial score (nSPS) is 14.5. The van der Waals surface area contributed by atoms with Gasteiger partial charge in [-0.05, 0) is 66.2 Å². The van der Waals surface area contributed by atoms with Crippen molar-refractivity contribution in [2.75, 3.05) is 0 Å². The molecule has 0 N–H and O–H groups in total. The first kappa shape index (κ1) is 13.6. The third kappa shape index (κ3) is 2.85. The van der Waals surface area contributed by atoms with Crippen LogP contribution in [0.1, 0.15) is 36.1 Å². The van der Waals surface area contributed by atoms with E-state index in [1.807, 2.05) is 12.1 Å². The predicted octanol–water partition coefficient (Wildman–Crippen LogP) is 4.61. The quantitative estimate of drug-likeness (QED) is 0.753. The maximum atomic E-state index is 6.02. The predicted molar refractivity (Wildman–Crippen MR) is 82.2 cm³/mol. The molecule has 2 aromatic rings. The van der Waals surface area contributed by atoms with Gasteiger partial charge in [0.25, 0.3) is 0 Å². The van der Waals surface area contributed by atoms with Crippen molar-refractivity contribution >= 4 is 15.9 Å². The zero-order chi connectivity index (χ0) is 13.9. The zero-order valence-electron chi connectivity index (χ0n) is 11.5. The van der Waals surface area contributed by atoms with Crippen LogP contribution in [-0.4, -0.2) is 9.97 Å². The fraction of sp³-hybridized carbons (Fsp3) is 0.375. The number of benzene rings is 1. The van der Waals surface area contributed by atoms with Crippen LogP contribution >= 0.6 is 15.9 Å². The fourth-order valence-electron chi connectivity index (χ4n) is 2.55. The number of nitrogens with zero attached hydrogens (tertiary/aromatic N) is 2. The van der Waals surface area contributed by atoms with Crippen molar-refractivity contribution < 1.29 is 4.74 Å². The Balaban J connectivity index is 1.94. The van der Waals surface area contributed by atoms with Crippen LogP contribution in [0.15, 0.2) is 29.0 Å². The molecule has 4 heteroatoms. The molecule has 20 heavy (non-hydrogen) atoms. The lowest BCUT2D eigenvalue weighted by molar-refractivity contribution is 0.450. The Morgan fingerprint density at radius 1 is 1.10 bits per heavy atom. The lowest BCUT2D eigenvalue weighted by Gasteiger charge is -2.12. The highest BCUT2D eigenvalue weighted by molar-refractivity contribution is 9.10. The number of rotatable bonds is 2. The summed E-state index contributed by atoms with van der Waals surface area (Å²) in [7, 11) is 0. The van der Waals surface area contributed by atoms with Crippen molar-refractivity contribution in [1.29, 1.82) is 0 Å². The van der Waals surface area contributed by atoms with E-state index in [-0.39, 0.29) is 0 Å². The number of hydrogen-bond donors (Lipinski definition) is 0. The number of aryl methyl sites for hydroxylation is 2. The first-order chi connectivity index (χ1) is 9.74. The summed E-state index contributed by atoms with van der Waals surface area (Å²) in [6.07, 6.45) is 7.30. The van der Waals surface area contributed by atoms with Gasteiger partial charge < -0.3 is 4.74 Å².